The summed E-state index contributed by atoms with van der Waals surface area (Å²) < 4.78 is 71.3. The number of ether oxygens (including phenoxy) is 2. The lowest BCUT2D eigenvalue weighted by atomic mass is 9.91. The number of likely N-dealkylation sites (tertiary alicyclic amines) is 1. The maximum atomic E-state index is 14.5. The minimum Gasteiger partial charge on any atom is -0.380 e. The summed E-state index contributed by atoms with van der Waals surface area (Å²) in [5.74, 6) is -0.433. The molecule has 0 bridgehead atoms. The third kappa shape index (κ3) is 5.67. The van der Waals surface area contributed by atoms with Crippen molar-refractivity contribution in [2.75, 3.05) is 46.4 Å². The molecular weight excluding hydrogens is 664 g/mol. The van der Waals surface area contributed by atoms with E-state index in [9.17, 15) is 21.6 Å². The first kappa shape index (κ1) is 32.3. The molecule has 3 aromatic carbocycles. The van der Waals surface area contributed by atoms with Crippen molar-refractivity contribution in [1.82, 2.24) is 18.1 Å². The van der Waals surface area contributed by atoms with Crippen LogP contribution in [0.1, 0.15) is 18.4 Å². The molecule has 3 fully saturated rings. The molecule has 3 aliphatic rings. The fourth-order valence-corrected chi connectivity index (χ4v) is 10.8. The number of methoxy groups -OCH3 is 1. The van der Waals surface area contributed by atoms with Gasteiger partial charge in [0.25, 0.3) is 20.0 Å². The molecule has 1 spiro atoms. The van der Waals surface area contributed by atoms with Gasteiger partial charge in [0.05, 0.1) is 42.3 Å². The lowest BCUT2D eigenvalue weighted by Crippen LogP contribution is -2.65. The van der Waals surface area contributed by atoms with Crippen molar-refractivity contribution < 1.29 is 31.1 Å². The van der Waals surface area contributed by atoms with E-state index < -0.39 is 48.9 Å². The van der Waals surface area contributed by atoms with E-state index >= 15 is 0 Å². The Balaban J connectivity index is 1.22. The third-order valence-corrected chi connectivity index (χ3v) is 13.2. The maximum absolute atomic E-state index is 14.5. The predicted octanol–water partition coefficient (Wildman–Crippen LogP) is 3.77. The lowest BCUT2D eigenvalue weighted by molar-refractivity contribution is -0.197. The summed E-state index contributed by atoms with van der Waals surface area (Å²) in [4.78, 5) is 17.7. The van der Waals surface area contributed by atoms with E-state index in [1.807, 2.05) is 18.2 Å². The van der Waals surface area contributed by atoms with Gasteiger partial charge in [0.15, 0.2) is 10.8 Å². The summed E-state index contributed by atoms with van der Waals surface area (Å²) in [6.45, 7) is 1.88. The van der Waals surface area contributed by atoms with Crippen molar-refractivity contribution in [3.63, 3.8) is 0 Å². The zero-order chi connectivity index (χ0) is 33.0. The Hall–Kier alpha value is -3.30. The molecule has 0 saturated carbocycles. The van der Waals surface area contributed by atoms with Crippen LogP contribution in [0.4, 0.5) is 0 Å². The molecule has 47 heavy (non-hydrogen) atoms. The van der Waals surface area contributed by atoms with Crippen LogP contribution in [0.2, 0.25) is 5.02 Å². The number of piperazine rings is 1. The van der Waals surface area contributed by atoms with Gasteiger partial charge in [0.2, 0.25) is 5.91 Å². The third-order valence-electron chi connectivity index (χ3n) is 9.34. The molecule has 1 aromatic heterocycles. The summed E-state index contributed by atoms with van der Waals surface area (Å²) >= 11 is 6.23. The Morgan fingerprint density at radius 1 is 0.872 bits per heavy atom. The van der Waals surface area contributed by atoms with Crippen LogP contribution in [0, 0.1) is 0 Å². The number of hydrogen-bond acceptors (Lipinski definition) is 8. The van der Waals surface area contributed by atoms with E-state index in [2.05, 4.69) is 17.0 Å². The molecule has 14 heteroatoms. The van der Waals surface area contributed by atoms with Crippen LogP contribution in [0.25, 0.3) is 10.9 Å². The number of amides is 1. The van der Waals surface area contributed by atoms with E-state index in [0.717, 1.165) is 27.9 Å². The van der Waals surface area contributed by atoms with Gasteiger partial charge >= 0.3 is 0 Å². The number of nitrogens with zero attached hydrogens (tertiary/aromatic N) is 4. The minimum absolute atomic E-state index is 0.0544. The lowest BCUT2D eigenvalue weighted by Gasteiger charge is -2.44. The monoisotopic (exact) mass is 698 g/mol. The summed E-state index contributed by atoms with van der Waals surface area (Å²) in [5.41, 5.74) is -0.679. The van der Waals surface area contributed by atoms with Gasteiger partial charge in [-0.2, -0.15) is 4.31 Å². The van der Waals surface area contributed by atoms with Crippen LogP contribution >= 0.6 is 11.6 Å². The standard InChI is InChI=1S/C33H35ClN4O7S2/c1-44-24-33-23-36(21-30(39)37(33)22-32(45-33)14-16-35(17-15-32)20-25-8-4-2-5-9-25)47(42,43)31-19-26-18-27(34)12-13-29(26)38(31)46(40,41)28-10-6-3-7-11-28/h2-13,18-19H,14-17,20-24H2,1H3. The average Bonchev–Trinajstić information content (AvgIpc) is 3.60. The number of hydrogen-bond donors (Lipinski definition) is 0. The highest BCUT2D eigenvalue weighted by Crippen LogP contribution is 2.44. The zero-order valence-corrected chi connectivity index (χ0v) is 28.2. The molecule has 0 aliphatic carbocycles. The first-order chi connectivity index (χ1) is 22.5. The Kier molecular flexibility index (Phi) is 8.23. The molecule has 0 radical (unpaired) electrons. The van der Waals surface area contributed by atoms with Gasteiger partial charge in [0, 0.05) is 37.2 Å². The molecule has 4 heterocycles. The number of sulfonamides is 1. The molecule has 3 saturated heterocycles. The van der Waals surface area contributed by atoms with Gasteiger partial charge in [-0.15, -0.1) is 0 Å². The highest BCUT2D eigenvalue weighted by molar-refractivity contribution is 7.92. The van der Waals surface area contributed by atoms with E-state index in [4.69, 9.17) is 21.1 Å². The van der Waals surface area contributed by atoms with Crippen molar-refractivity contribution in [2.24, 2.45) is 0 Å². The van der Waals surface area contributed by atoms with Crippen LogP contribution in [0.15, 0.2) is 94.9 Å². The molecule has 11 nitrogen and oxygen atoms in total. The van der Waals surface area contributed by atoms with Crippen LogP contribution in [-0.4, -0.2) is 98.6 Å². The highest BCUT2D eigenvalue weighted by atomic mass is 35.5. The van der Waals surface area contributed by atoms with Crippen molar-refractivity contribution in [3.05, 3.63) is 95.5 Å². The molecular formula is C33H35ClN4O7S2. The maximum Gasteiger partial charge on any atom is 0.269 e. The topological polar surface area (TPSA) is 118 Å². The molecule has 1 atom stereocenters. The van der Waals surface area contributed by atoms with Crippen LogP contribution < -0.4 is 0 Å². The number of aromatic nitrogens is 1. The Bertz CT molecular complexity index is 2030. The molecule has 248 valence electrons. The molecule has 1 amide bonds. The van der Waals surface area contributed by atoms with Gasteiger partial charge in [-0.1, -0.05) is 60.1 Å². The average molecular weight is 699 g/mol. The number of carbonyl (C=O) groups is 1. The minimum atomic E-state index is -4.59. The van der Waals surface area contributed by atoms with Crippen LogP contribution in [0.3, 0.4) is 0 Å². The Morgan fingerprint density at radius 2 is 1.55 bits per heavy atom. The summed E-state index contributed by atoms with van der Waals surface area (Å²) in [7, 11) is -7.49. The predicted molar refractivity (Wildman–Crippen MR) is 176 cm³/mol. The second kappa shape index (κ2) is 12.0. The quantitative estimate of drug-likeness (QED) is 0.273. The van der Waals surface area contributed by atoms with Crippen LogP contribution in [0.5, 0.6) is 0 Å². The zero-order valence-electron chi connectivity index (χ0n) is 25.8. The fraction of sp³-hybridized carbons (Fsp3) is 0.364. The summed E-state index contributed by atoms with van der Waals surface area (Å²) in [5, 5.41) is 0.151. The molecule has 7 rings (SSSR count). The summed E-state index contributed by atoms with van der Waals surface area (Å²) in [6, 6.07) is 23.6. The van der Waals surface area contributed by atoms with Crippen molar-refractivity contribution in [1.29, 1.82) is 0 Å². The van der Waals surface area contributed by atoms with Crippen LogP contribution in [-0.2, 0) is 40.9 Å². The van der Waals surface area contributed by atoms with E-state index in [-0.39, 0.29) is 23.6 Å². The fourth-order valence-electron chi connectivity index (χ4n) is 7.09. The van der Waals surface area contributed by atoms with Gasteiger partial charge in [-0.05, 0) is 54.8 Å². The number of rotatable bonds is 8. The van der Waals surface area contributed by atoms with E-state index in [0.29, 0.717) is 29.8 Å². The summed E-state index contributed by atoms with van der Waals surface area (Å²) in [6.07, 6.45) is 1.32. The highest BCUT2D eigenvalue weighted by Gasteiger charge is 2.61. The normalized spacial score (nSPS) is 22.3. The number of piperidine rings is 1. The van der Waals surface area contributed by atoms with Gasteiger partial charge in [-0.3, -0.25) is 9.69 Å². The molecule has 1 unspecified atom stereocenters. The van der Waals surface area contributed by atoms with Crippen molar-refractivity contribution in [3.8, 4) is 0 Å². The van der Waals surface area contributed by atoms with Crippen molar-refractivity contribution in [2.45, 2.75) is 40.6 Å². The number of benzene rings is 3. The Labute approximate surface area is 279 Å². The SMILES string of the molecule is COCC12CN(S(=O)(=O)c3cc4cc(Cl)ccc4n3S(=O)(=O)c3ccccc3)CC(=O)N1CC1(CCN(Cc3ccccc3)CC1)O2. The molecule has 3 aliphatic heterocycles. The second-order valence-electron chi connectivity index (χ2n) is 12.4. The van der Waals surface area contributed by atoms with E-state index in [1.165, 1.54) is 49.1 Å². The largest absolute Gasteiger partial charge is 0.380 e. The second-order valence-corrected chi connectivity index (χ2v) is 16.6. The Morgan fingerprint density at radius 3 is 2.23 bits per heavy atom. The number of fused-ring (bicyclic) bond motifs is 2. The first-order valence-corrected chi connectivity index (χ1v) is 18.6. The molecule has 4 aromatic rings. The number of carbonyl (C=O) groups excluding carboxylic acids is 1. The number of halogens is 1. The van der Waals surface area contributed by atoms with Gasteiger partial charge in [0.1, 0.15) is 0 Å². The van der Waals surface area contributed by atoms with Gasteiger partial charge < -0.3 is 14.4 Å². The smallest absolute Gasteiger partial charge is 0.269 e. The van der Waals surface area contributed by atoms with E-state index in [1.54, 1.807) is 23.1 Å². The van der Waals surface area contributed by atoms with Crippen molar-refractivity contribution >= 4 is 48.5 Å². The first-order valence-electron chi connectivity index (χ1n) is 15.3. The van der Waals surface area contributed by atoms with Gasteiger partial charge in [-0.25, -0.2) is 20.8 Å². The molecule has 0 N–H and O–H groups in total.